The van der Waals surface area contributed by atoms with Gasteiger partial charge in [0.15, 0.2) is 5.78 Å². The second-order valence-electron chi connectivity index (χ2n) is 4.23. The Labute approximate surface area is 138 Å². The van der Waals surface area contributed by atoms with Crippen LogP contribution in [0.1, 0.15) is 21.9 Å². The van der Waals surface area contributed by atoms with Crippen LogP contribution in [0.2, 0.25) is 5.02 Å². The second kappa shape index (κ2) is 7.81. The number of aryl methyl sites for hydroxylation is 2. The van der Waals surface area contributed by atoms with Gasteiger partial charge in [-0.1, -0.05) is 11.6 Å². The van der Waals surface area contributed by atoms with Crippen LogP contribution < -0.4 is 17.0 Å². The normalized spacial score (nSPS) is 9.95. The quantitative estimate of drug-likeness (QED) is 0.465. The summed E-state index contributed by atoms with van der Waals surface area (Å²) in [4.78, 5) is 13.1. The van der Waals surface area contributed by atoms with Gasteiger partial charge in [0.2, 0.25) is 0 Å². The van der Waals surface area contributed by atoms with E-state index in [-0.39, 0.29) is 22.8 Å². The third-order valence-corrected chi connectivity index (χ3v) is 3.78. The molecule has 0 unspecified atom stereocenters. The lowest BCUT2D eigenvalue weighted by Gasteiger charge is -2.01. The molecule has 0 aliphatic heterocycles. The Kier molecular flexibility index (Phi) is 6.72. The first-order valence-corrected chi connectivity index (χ1v) is 7.24. The van der Waals surface area contributed by atoms with Crippen LogP contribution >= 0.6 is 23.4 Å². The summed E-state index contributed by atoms with van der Waals surface area (Å²) >= 11 is 7.31. The Bertz CT molecular complexity index is 579. The highest BCUT2D eigenvalue weighted by Gasteiger charge is 2.11. The van der Waals surface area contributed by atoms with E-state index in [1.807, 2.05) is 26.0 Å². The van der Waals surface area contributed by atoms with Gasteiger partial charge in [0.05, 0.1) is 31.7 Å². The van der Waals surface area contributed by atoms with Crippen LogP contribution in [0.4, 0.5) is 0 Å². The number of thioether (sulfide) groups is 1. The van der Waals surface area contributed by atoms with E-state index in [0.717, 1.165) is 16.4 Å². The van der Waals surface area contributed by atoms with Gasteiger partial charge in [-0.3, -0.25) is 4.79 Å². The van der Waals surface area contributed by atoms with Gasteiger partial charge in [0.1, 0.15) is 0 Å². The minimum Gasteiger partial charge on any atom is -1.00 e. The van der Waals surface area contributed by atoms with Gasteiger partial charge in [-0.25, -0.2) is 4.42 Å². The van der Waals surface area contributed by atoms with Crippen LogP contribution in [0.5, 0.6) is 0 Å². The van der Waals surface area contributed by atoms with Gasteiger partial charge < -0.3 is 17.0 Å². The molecule has 2 aromatic rings. The zero-order valence-electron chi connectivity index (χ0n) is 11.2. The van der Waals surface area contributed by atoms with Gasteiger partial charge >= 0.3 is 11.5 Å². The lowest BCUT2D eigenvalue weighted by molar-refractivity contribution is -0.0000124. The van der Waals surface area contributed by atoms with Gasteiger partial charge in [0, 0.05) is 15.5 Å². The first-order chi connectivity index (χ1) is 9.04. The van der Waals surface area contributed by atoms with Gasteiger partial charge in [-0.05, 0) is 24.3 Å². The first kappa shape index (κ1) is 17.2. The van der Waals surface area contributed by atoms with E-state index in [2.05, 4.69) is 0 Å². The van der Waals surface area contributed by atoms with Crippen LogP contribution in [-0.4, -0.2) is 11.5 Å². The molecule has 0 atom stereocenters. The molecule has 0 N–H and O–H groups in total. The molecule has 20 heavy (non-hydrogen) atoms. The number of ketones is 1. The van der Waals surface area contributed by atoms with Crippen molar-refractivity contribution in [3.8, 4) is 0 Å². The van der Waals surface area contributed by atoms with Gasteiger partial charge in [-0.2, -0.15) is 0 Å². The monoisotopic (exact) mass is 372 g/mol. The number of hydrogen-bond acceptors (Lipinski definition) is 2. The highest BCUT2D eigenvalue weighted by molar-refractivity contribution is 8.00. The van der Waals surface area contributed by atoms with Crippen molar-refractivity contribution in [3.63, 3.8) is 0 Å². The molecule has 0 fully saturated rings. The summed E-state index contributed by atoms with van der Waals surface area (Å²) in [6, 6.07) is 10.8. The molecule has 0 aliphatic carbocycles. The molecule has 1 heterocycles. The van der Waals surface area contributed by atoms with Gasteiger partial charge in [0.25, 0.3) is 0 Å². The molecule has 1 aromatic carbocycles. The van der Waals surface area contributed by atoms with Crippen LogP contribution in [0.3, 0.4) is 0 Å². The number of benzene rings is 1. The summed E-state index contributed by atoms with van der Waals surface area (Å²) in [5, 5.41) is 0.639. The van der Waals surface area contributed by atoms with Crippen molar-refractivity contribution in [2.45, 2.75) is 18.7 Å². The first-order valence-electron chi connectivity index (χ1n) is 5.87. The van der Waals surface area contributed by atoms with E-state index in [9.17, 15) is 4.79 Å². The molecule has 106 valence electrons. The zero-order chi connectivity index (χ0) is 13.8. The van der Waals surface area contributed by atoms with E-state index in [1.165, 1.54) is 11.8 Å². The minimum absolute atomic E-state index is 0. The SMILES string of the molecule is Cc1cc(SCC(=O)c2ccc(Cl)cc2)cc(C)[o+]1.[Br-]. The number of Topliss-reactive ketones (excluding diaryl/α,β-unsaturated/α-hetero) is 1. The number of carbonyl (C=O) groups is 1. The van der Waals surface area contributed by atoms with Gasteiger partial charge in [-0.15, -0.1) is 11.8 Å². The summed E-state index contributed by atoms with van der Waals surface area (Å²) < 4.78 is 5.41. The van der Waals surface area contributed by atoms with Crippen LogP contribution in [0.25, 0.3) is 0 Å². The number of rotatable bonds is 4. The molecule has 0 saturated heterocycles. The van der Waals surface area contributed by atoms with E-state index in [4.69, 9.17) is 16.0 Å². The van der Waals surface area contributed by atoms with E-state index < -0.39 is 0 Å². The third kappa shape index (κ3) is 4.93. The Balaban J connectivity index is 0.00000200. The summed E-state index contributed by atoms with van der Waals surface area (Å²) in [6.45, 7) is 3.80. The predicted octanol–water partition coefficient (Wildman–Crippen LogP) is 1.81. The van der Waals surface area contributed by atoms with E-state index in [1.54, 1.807) is 24.3 Å². The van der Waals surface area contributed by atoms with Crippen molar-refractivity contribution in [1.29, 1.82) is 0 Å². The largest absolute Gasteiger partial charge is 1.00 e. The molecule has 2 rings (SSSR count). The van der Waals surface area contributed by atoms with Crippen molar-refractivity contribution in [3.05, 3.63) is 58.5 Å². The lowest BCUT2D eigenvalue weighted by atomic mass is 10.1. The molecule has 5 heteroatoms. The van der Waals surface area contributed by atoms with Crippen molar-refractivity contribution in [2.24, 2.45) is 0 Å². The van der Waals surface area contributed by atoms with Crippen molar-refractivity contribution < 1.29 is 26.2 Å². The fourth-order valence-corrected chi connectivity index (χ4v) is 2.80. The molecule has 0 radical (unpaired) electrons. The van der Waals surface area contributed by atoms with Crippen molar-refractivity contribution in [2.75, 3.05) is 5.75 Å². The zero-order valence-corrected chi connectivity index (χ0v) is 14.3. The lowest BCUT2D eigenvalue weighted by Crippen LogP contribution is -3.00. The summed E-state index contributed by atoms with van der Waals surface area (Å²) in [7, 11) is 0. The summed E-state index contributed by atoms with van der Waals surface area (Å²) in [6.07, 6.45) is 0. The maximum atomic E-state index is 12.0. The summed E-state index contributed by atoms with van der Waals surface area (Å²) in [5.74, 6) is 2.20. The van der Waals surface area contributed by atoms with E-state index in [0.29, 0.717) is 16.3 Å². The van der Waals surface area contributed by atoms with Crippen LogP contribution in [0, 0.1) is 13.8 Å². The molecule has 2 nitrogen and oxygen atoms in total. The molecule has 0 amide bonds. The molecule has 1 aromatic heterocycles. The smallest absolute Gasteiger partial charge is 0.327 e. The van der Waals surface area contributed by atoms with Crippen molar-refractivity contribution >= 4 is 29.1 Å². The average molecular weight is 374 g/mol. The predicted molar refractivity (Wildman–Crippen MR) is 79.1 cm³/mol. The molecule has 0 aliphatic rings. The topological polar surface area (TPSA) is 28.4 Å². The van der Waals surface area contributed by atoms with Crippen molar-refractivity contribution in [1.82, 2.24) is 0 Å². The number of hydrogen-bond donors (Lipinski definition) is 0. The molecule has 0 saturated carbocycles. The fraction of sp³-hybridized carbons (Fsp3) is 0.200. The maximum Gasteiger partial charge on any atom is 0.327 e. The Morgan fingerprint density at radius 3 is 2.25 bits per heavy atom. The highest BCUT2D eigenvalue weighted by atomic mass is 79.9. The Morgan fingerprint density at radius 2 is 1.70 bits per heavy atom. The minimum atomic E-state index is 0. The van der Waals surface area contributed by atoms with Crippen LogP contribution in [0.15, 0.2) is 45.7 Å². The summed E-state index contributed by atoms with van der Waals surface area (Å²) in [5.41, 5.74) is 0.686. The molecular weight excluding hydrogens is 360 g/mol. The molecule has 0 bridgehead atoms. The third-order valence-electron chi connectivity index (χ3n) is 2.55. The molecule has 0 spiro atoms. The number of halogens is 2. The van der Waals surface area contributed by atoms with Crippen LogP contribution in [-0.2, 0) is 0 Å². The second-order valence-corrected chi connectivity index (χ2v) is 5.72. The molecular formula is C15H14BrClO2S. The fourth-order valence-electron chi connectivity index (χ4n) is 1.71. The number of carbonyl (C=O) groups excluding carboxylic acids is 1. The maximum absolute atomic E-state index is 12.0. The average Bonchev–Trinajstić information content (AvgIpc) is 2.36. The van der Waals surface area contributed by atoms with E-state index >= 15 is 0 Å². The highest BCUT2D eigenvalue weighted by Crippen LogP contribution is 2.22. The standard InChI is InChI=1S/C15H14ClO2S.BrH/c1-10-7-14(8-11(2)18-10)19-9-15(17)12-3-5-13(16)6-4-12;/h3-8H,9H2,1-2H3;1H/q+1;/p-1. The Hall–Kier alpha value is -0.840. The Morgan fingerprint density at radius 1 is 1.15 bits per heavy atom.